The molecule has 0 aromatic heterocycles. The fourth-order valence-corrected chi connectivity index (χ4v) is 1.13. The Morgan fingerprint density at radius 3 is 2.11 bits per heavy atom. The van der Waals surface area contributed by atoms with E-state index in [0.717, 1.165) is 17.1 Å². The second kappa shape index (κ2) is 10.9. The third kappa shape index (κ3) is 7.17. The molecule has 1 aromatic carbocycles. The summed E-state index contributed by atoms with van der Waals surface area (Å²) in [5.41, 5.74) is 1.15. The molecule has 0 unspecified atom stereocenters. The van der Waals surface area contributed by atoms with Crippen molar-refractivity contribution in [1.82, 2.24) is 0 Å². The molecule has 0 saturated heterocycles. The Balaban J connectivity index is 0.000000631. The highest BCUT2D eigenvalue weighted by Crippen LogP contribution is 2.27. The first kappa shape index (κ1) is 16.8. The fraction of sp³-hybridized carbons (Fsp3) is 0.600. The summed E-state index contributed by atoms with van der Waals surface area (Å²) in [7, 11) is 3.29. The molecule has 104 valence electrons. The van der Waals surface area contributed by atoms with Crippen LogP contribution in [0.5, 0.6) is 11.5 Å². The number of ether oxygens (including phenoxy) is 3. The lowest BCUT2D eigenvalue weighted by Crippen LogP contribution is -2.05. The molecule has 0 radical (unpaired) electrons. The summed E-state index contributed by atoms with van der Waals surface area (Å²) in [6, 6.07) is 5.84. The van der Waals surface area contributed by atoms with E-state index in [4.69, 9.17) is 14.2 Å². The highest BCUT2D eigenvalue weighted by Gasteiger charge is 2.03. The zero-order valence-electron chi connectivity index (χ0n) is 12.3. The van der Waals surface area contributed by atoms with Gasteiger partial charge in [-0.3, -0.25) is 0 Å². The van der Waals surface area contributed by atoms with Gasteiger partial charge in [0.05, 0.1) is 13.7 Å². The van der Waals surface area contributed by atoms with Crippen molar-refractivity contribution in [3.8, 4) is 11.5 Å². The first-order chi connectivity index (χ1) is 8.69. The predicted molar refractivity (Wildman–Crippen MR) is 75.7 cm³/mol. The molecule has 0 aliphatic heterocycles. The Labute approximate surface area is 111 Å². The van der Waals surface area contributed by atoms with Crippen molar-refractivity contribution < 1.29 is 14.2 Å². The van der Waals surface area contributed by atoms with Crippen LogP contribution in [0.2, 0.25) is 0 Å². The maximum atomic E-state index is 5.47. The van der Waals surface area contributed by atoms with Crippen LogP contribution in [0, 0.1) is 6.92 Å². The van der Waals surface area contributed by atoms with Crippen molar-refractivity contribution in [2.24, 2.45) is 0 Å². The third-order valence-corrected chi connectivity index (χ3v) is 2.36. The molecular weight excluding hydrogens is 228 g/mol. The molecule has 0 N–H and O–H groups in total. The lowest BCUT2D eigenvalue weighted by atomic mass is 10.2. The molecule has 3 nitrogen and oxygen atoms in total. The van der Waals surface area contributed by atoms with Crippen LogP contribution >= 0.6 is 0 Å². The second-order valence-electron chi connectivity index (χ2n) is 4.00. The predicted octanol–water partition coefficient (Wildman–Crippen LogP) is 3.84. The molecule has 0 fully saturated rings. The topological polar surface area (TPSA) is 27.7 Å². The second-order valence-corrected chi connectivity index (χ2v) is 4.00. The highest BCUT2D eigenvalue weighted by atomic mass is 16.5. The van der Waals surface area contributed by atoms with E-state index in [1.165, 1.54) is 12.8 Å². The van der Waals surface area contributed by atoms with Gasteiger partial charge in [0.15, 0.2) is 11.5 Å². The van der Waals surface area contributed by atoms with Gasteiger partial charge in [0, 0.05) is 7.11 Å². The molecule has 0 heterocycles. The van der Waals surface area contributed by atoms with Gasteiger partial charge in [-0.1, -0.05) is 32.8 Å². The van der Waals surface area contributed by atoms with Crippen LogP contribution in [0.25, 0.3) is 0 Å². The Bertz CT molecular complexity index is 309. The van der Waals surface area contributed by atoms with Crippen LogP contribution in [0.4, 0.5) is 0 Å². The molecule has 0 atom stereocenters. The maximum Gasteiger partial charge on any atom is 0.161 e. The summed E-state index contributed by atoms with van der Waals surface area (Å²) in [6.07, 6.45) is 2.64. The molecule has 0 amide bonds. The highest BCUT2D eigenvalue weighted by molar-refractivity contribution is 5.42. The van der Waals surface area contributed by atoms with Crippen molar-refractivity contribution in [2.45, 2.75) is 33.6 Å². The summed E-state index contributed by atoms with van der Waals surface area (Å²) in [5.74, 6) is 1.52. The molecule has 0 aliphatic carbocycles. The van der Waals surface area contributed by atoms with E-state index in [1.807, 2.05) is 25.1 Å². The zero-order valence-corrected chi connectivity index (χ0v) is 12.3. The summed E-state index contributed by atoms with van der Waals surface area (Å²) in [4.78, 5) is 0. The molecule has 3 heteroatoms. The number of methoxy groups -OCH3 is 2. The van der Waals surface area contributed by atoms with Crippen LogP contribution in [0.1, 0.15) is 32.3 Å². The molecule has 1 rings (SSSR count). The van der Waals surface area contributed by atoms with Gasteiger partial charge in [0.2, 0.25) is 0 Å². The number of unbranched alkanes of at least 4 members (excludes halogenated alkanes) is 1. The van der Waals surface area contributed by atoms with Gasteiger partial charge in [0.1, 0.15) is 6.61 Å². The summed E-state index contributed by atoms with van der Waals surface area (Å²) >= 11 is 0. The Morgan fingerprint density at radius 2 is 1.61 bits per heavy atom. The first-order valence-corrected chi connectivity index (χ1v) is 6.45. The summed E-state index contributed by atoms with van der Waals surface area (Å²) < 4.78 is 15.6. The van der Waals surface area contributed by atoms with E-state index >= 15 is 0 Å². The van der Waals surface area contributed by atoms with Gasteiger partial charge in [-0.25, -0.2) is 0 Å². The number of hydrogen-bond acceptors (Lipinski definition) is 3. The van der Waals surface area contributed by atoms with Gasteiger partial charge >= 0.3 is 0 Å². The Hall–Kier alpha value is -1.22. The first-order valence-electron chi connectivity index (χ1n) is 6.45. The molecule has 0 spiro atoms. The maximum absolute atomic E-state index is 5.47. The number of aryl methyl sites for hydroxylation is 1. The van der Waals surface area contributed by atoms with Gasteiger partial charge in [-0.15, -0.1) is 0 Å². The normalized spacial score (nSPS) is 9.39. The van der Waals surface area contributed by atoms with Crippen molar-refractivity contribution in [1.29, 1.82) is 0 Å². The molecule has 1 aromatic rings. The zero-order chi connectivity index (χ0) is 13.8. The van der Waals surface area contributed by atoms with Gasteiger partial charge < -0.3 is 14.2 Å². The van der Waals surface area contributed by atoms with Crippen molar-refractivity contribution in [2.75, 3.05) is 27.4 Å². The van der Waals surface area contributed by atoms with Gasteiger partial charge in [-0.05, 0) is 24.6 Å². The van der Waals surface area contributed by atoms with Gasteiger partial charge in [0.25, 0.3) is 0 Å². The van der Waals surface area contributed by atoms with Crippen LogP contribution in [0.3, 0.4) is 0 Å². The van der Waals surface area contributed by atoms with E-state index < -0.39 is 0 Å². The average molecular weight is 254 g/mol. The van der Waals surface area contributed by atoms with Crippen molar-refractivity contribution in [3.63, 3.8) is 0 Å². The lowest BCUT2D eigenvalue weighted by molar-refractivity contribution is 0.144. The van der Waals surface area contributed by atoms with E-state index in [-0.39, 0.29) is 0 Å². The van der Waals surface area contributed by atoms with Gasteiger partial charge in [-0.2, -0.15) is 0 Å². The van der Waals surface area contributed by atoms with Crippen LogP contribution in [0.15, 0.2) is 18.2 Å². The van der Waals surface area contributed by atoms with Crippen LogP contribution in [-0.2, 0) is 4.74 Å². The fourth-order valence-electron chi connectivity index (χ4n) is 1.13. The molecule has 0 saturated carbocycles. The van der Waals surface area contributed by atoms with Crippen molar-refractivity contribution >= 4 is 0 Å². The molecule has 18 heavy (non-hydrogen) atoms. The Morgan fingerprint density at radius 1 is 0.944 bits per heavy atom. The number of rotatable bonds is 6. The van der Waals surface area contributed by atoms with Crippen LogP contribution < -0.4 is 9.47 Å². The standard InChI is InChI=1S/C11H16O3.C4H10/c1-9-4-5-10(11(8-9)13-3)14-7-6-12-2;1-3-4-2/h4-5,8H,6-7H2,1-3H3;3-4H2,1-2H3. The summed E-state index contributed by atoms with van der Waals surface area (Å²) in [5, 5.41) is 0. The van der Waals surface area contributed by atoms with E-state index in [9.17, 15) is 0 Å². The monoisotopic (exact) mass is 254 g/mol. The third-order valence-electron chi connectivity index (χ3n) is 2.36. The largest absolute Gasteiger partial charge is 0.493 e. The number of hydrogen-bond donors (Lipinski definition) is 0. The van der Waals surface area contributed by atoms with E-state index in [2.05, 4.69) is 13.8 Å². The Kier molecular flexibility index (Phi) is 10.2. The average Bonchev–Trinajstić information content (AvgIpc) is 2.40. The molecule has 0 bridgehead atoms. The van der Waals surface area contributed by atoms with E-state index in [1.54, 1.807) is 14.2 Å². The number of benzene rings is 1. The van der Waals surface area contributed by atoms with Crippen LogP contribution in [-0.4, -0.2) is 27.4 Å². The lowest BCUT2D eigenvalue weighted by Gasteiger charge is -2.10. The molecular formula is C15H26O3. The summed E-state index contributed by atoms with van der Waals surface area (Å²) in [6.45, 7) is 7.49. The van der Waals surface area contributed by atoms with Crippen molar-refractivity contribution in [3.05, 3.63) is 23.8 Å². The minimum Gasteiger partial charge on any atom is -0.493 e. The molecule has 0 aliphatic rings. The van der Waals surface area contributed by atoms with E-state index in [0.29, 0.717) is 13.2 Å². The minimum atomic E-state index is 0.538. The quantitative estimate of drug-likeness (QED) is 0.722. The minimum absolute atomic E-state index is 0.538. The smallest absolute Gasteiger partial charge is 0.161 e. The SMILES string of the molecule is CCCC.COCCOc1ccc(C)cc1OC.